The lowest BCUT2D eigenvalue weighted by atomic mass is 9.81. The lowest BCUT2D eigenvalue weighted by Crippen LogP contribution is -2.26. The topological polar surface area (TPSA) is 35.7 Å². The minimum Gasteiger partial charge on any atom is -0.497 e. The number of methoxy groups -OCH3 is 1. The molecule has 4 nitrogen and oxygen atoms in total. The number of anilines is 1. The van der Waals surface area contributed by atoms with Crippen molar-refractivity contribution in [2.24, 2.45) is 0 Å². The van der Waals surface area contributed by atoms with Crippen LogP contribution in [0.2, 0.25) is 0 Å². The molecule has 0 radical (unpaired) electrons. The molecular weight excluding hydrogens is 432 g/mol. The number of hydrogen-bond donors (Lipinski definition) is 1. The lowest BCUT2D eigenvalue weighted by Gasteiger charge is -2.23. The quantitative estimate of drug-likeness (QED) is 0.406. The van der Waals surface area contributed by atoms with Gasteiger partial charge in [-0.2, -0.15) is 4.58 Å². The number of fused-ring (bicyclic) bond motifs is 2. The van der Waals surface area contributed by atoms with Crippen LogP contribution in [0, 0.1) is 0 Å². The number of aliphatic hydroxyl groups is 1. The van der Waals surface area contributed by atoms with Crippen molar-refractivity contribution in [1.82, 2.24) is 0 Å². The zero-order chi connectivity index (χ0) is 25.4. The average molecular weight is 470 g/mol. The number of allylic oxidation sites excluding steroid dienone is 8. The molecule has 2 heterocycles. The number of nitrogens with zero attached hydrogens (tertiary/aromatic N) is 2. The van der Waals surface area contributed by atoms with E-state index < -0.39 is 0 Å². The maximum atomic E-state index is 9.53. The highest BCUT2D eigenvalue weighted by Crippen LogP contribution is 2.47. The van der Waals surface area contributed by atoms with Crippen molar-refractivity contribution < 1.29 is 14.4 Å². The van der Waals surface area contributed by atoms with Gasteiger partial charge in [0.25, 0.3) is 0 Å². The third-order valence-electron chi connectivity index (χ3n) is 7.47. The van der Waals surface area contributed by atoms with Gasteiger partial charge in [-0.15, -0.1) is 0 Å². The SMILES string of the molecule is COc1ccc2c(c1)C(C)(C)C(C=CC=CC=CC=C1N(C)c3ccc(CO)cc3C1(C)C)=[N+]2C. The Hall–Kier alpha value is -3.37. The van der Waals surface area contributed by atoms with E-state index in [4.69, 9.17) is 4.74 Å². The molecule has 2 aromatic carbocycles. The highest BCUT2D eigenvalue weighted by molar-refractivity contribution is 6.03. The minimum absolute atomic E-state index is 0.0662. The standard InChI is InChI=1S/C31H37N2O2/c1-30(2)24-19-22(21-34)15-17-26(24)32(5)28(30)13-11-9-8-10-12-14-29-31(3,4)25-20-23(35-7)16-18-27(25)33(29)6/h8-20,34H,21H2,1-7H3/q+1. The van der Waals surface area contributed by atoms with Crippen molar-refractivity contribution in [3.8, 4) is 5.75 Å². The van der Waals surface area contributed by atoms with Crippen molar-refractivity contribution in [2.45, 2.75) is 45.1 Å². The summed E-state index contributed by atoms with van der Waals surface area (Å²) in [7, 11) is 5.94. The molecule has 1 N–H and O–H groups in total. The van der Waals surface area contributed by atoms with E-state index in [1.165, 1.54) is 33.9 Å². The van der Waals surface area contributed by atoms with Gasteiger partial charge in [0.15, 0.2) is 5.71 Å². The van der Waals surface area contributed by atoms with Gasteiger partial charge in [-0.05, 0) is 49.2 Å². The molecule has 4 heteroatoms. The van der Waals surface area contributed by atoms with Crippen molar-refractivity contribution >= 4 is 17.1 Å². The van der Waals surface area contributed by atoms with Gasteiger partial charge in [0.05, 0.1) is 19.1 Å². The Balaban J connectivity index is 1.47. The summed E-state index contributed by atoms with van der Waals surface area (Å²) in [5, 5.41) is 9.53. The average Bonchev–Trinajstić information content (AvgIpc) is 3.15. The number of hydrogen-bond acceptors (Lipinski definition) is 3. The maximum Gasteiger partial charge on any atom is 0.209 e. The van der Waals surface area contributed by atoms with Crippen LogP contribution in [0.25, 0.3) is 0 Å². The number of rotatable bonds is 6. The van der Waals surface area contributed by atoms with Crippen LogP contribution in [0.15, 0.2) is 84.6 Å². The first-order valence-corrected chi connectivity index (χ1v) is 12.1. The first-order valence-electron chi connectivity index (χ1n) is 12.1. The summed E-state index contributed by atoms with van der Waals surface area (Å²) in [5.41, 5.74) is 8.20. The molecule has 0 amide bonds. The zero-order valence-electron chi connectivity index (χ0n) is 22.0. The second-order valence-corrected chi connectivity index (χ2v) is 10.3. The third-order valence-corrected chi connectivity index (χ3v) is 7.47. The molecule has 0 spiro atoms. The highest BCUT2D eigenvalue weighted by Gasteiger charge is 2.43. The molecule has 2 aromatic rings. The Morgan fingerprint density at radius 3 is 2.34 bits per heavy atom. The van der Waals surface area contributed by atoms with Crippen LogP contribution in [0.3, 0.4) is 0 Å². The predicted octanol–water partition coefficient (Wildman–Crippen LogP) is 6.17. The molecule has 4 rings (SSSR count). The number of benzene rings is 2. The fraction of sp³-hybridized carbons (Fsp3) is 0.323. The van der Waals surface area contributed by atoms with Crippen molar-refractivity contribution in [1.29, 1.82) is 0 Å². The van der Waals surface area contributed by atoms with Crippen molar-refractivity contribution in [3.63, 3.8) is 0 Å². The first kappa shape index (κ1) is 24.7. The van der Waals surface area contributed by atoms with E-state index in [0.717, 1.165) is 11.3 Å². The molecule has 0 saturated heterocycles. The Labute approximate surface area is 209 Å². The molecular formula is C31H37N2O2+. The van der Waals surface area contributed by atoms with E-state index in [1.54, 1.807) is 7.11 Å². The van der Waals surface area contributed by atoms with E-state index in [1.807, 2.05) is 12.1 Å². The summed E-state index contributed by atoms with van der Waals surface area (Å²) < 4.78 is 7.70. The van der Waals surface area contributed by atoms with Crippen LogP contribution >= 0.6 is 0 Å². The zero-order valence-corrected chi connectivity index (χ0v) is 22.0. The first-order chi connectivity index (χ1) is 16.6. The van der Waals surface area contributed by atoms with E-state index in [0.29, 0.717) is 0 Å². The summed E-state index contributed by atoms with van der Waals surface area (Å²) in [4.78, 5) is 2.24. The molecule has 0 aliphatic carbocycles. The van der Waals surface area contributed by atoms with E-state index in [2.05, 4.69) is 118 Å². The molecule has 0 saturated carbocycles. The second kappa shape index (κ2) is 9.35. The summed E-state index contributed by atoms with van der Waals surface area (Å²) in [5.74, 6) is 0.891. The molecule has 0 bridgehead atoms. The van der Waals surface area contributed by atoms with Gasteiger partial charge in [0.2, 0.25) is 5.69 Å². The molecule has 0 atom stereocenters. The summed E-state index contributed by atoms with van der Waals surface area (Å²) >= 11 is 0. The van der Waals surface area contributed by atoms with E-state index in [9.17, 15) is 5.11 Å². The van der Waals surface area contributed by atoms with E-state index >= 15 is 0 Å². The lowest BCUT2D eigenvalue weighted by molar-refractivity contribution is -0.401. The Morgan fingerprint density at radius 1 is 0.914 bits per heavy atom. The summed E-state index contributed by atoms with van der Waals surface area (Å²) in [6.07, 6.45) is 14.8. The Bertz CT molecular complexity index is 1290. The van der Waals surface area contributed by atoms with Gasteiger partial charge in [-0.25, -0.2) is 0 Å². The predicted molar refractivity (Wildman–Crippen MR) is 146 cm³/mol. The Kier molecular flexibility index (Phi) is 6.61. The minimum atomic E-state index is -0.115. The van der Waals surface area contributed by atoms with Gasteiger partial charge in [0.1, 0.15) is 12.8 Å². The van der Waals surface area contributed by atoms with Gasteiger partial charge in [-0.1, -0.05) is 56.4 Å². The van der Waals surface area contributed by atoms with Gasteiger partial charge in [0, 0.05) is 41.6 Å². The molecule has 35 heavy (non-hydrogen) atoms. The van der Waals surface area contributed by atoms with Gasteiger partial charge in [-0.3, -0.25) is 0 Å². The smallest absolute Gasteiger partial charge is 0.209 e. The second-order valence-electron chi connectivity index (χ2n) is 10.3. The molecule has 2 aliphatic rings. The fourth-order valence-corrected chi connectivity index (χ4v) is 5.41. The molecule has 2 aliphatic heterocycles. The highest BCUT2D eigenvalue weighted by atomic mass is 16.5. The summed E-state index contributed by atoms with van der Waals surface area (Å²) in [6, 6.07) is 12.5. The number of aliphatic hydroxyl groups excluding tert-OH is 1. The molecule has 0 aromatic heterocycles. The van der Waals surface area contributed by atoms with Gasteiger partial charge < -0.3 is 14.7 Å². The fourth-order valence-electron chi connectivity index (χ4n) is 5.41. The van der Waals surface area contributed by atoms with Crippen LogP contribution in [0.1, 0.15) is 44.4 Å². The van der Waals surface area contributed by atoms with Crippen LogP contribution in [-0.2, 0) is 17.4 Å². The Morgan fingerprint density at radius 2 is 1.63 bits per heavy atom. The normalized spacial score (nSPS) is 19.5. The third kappa shape index (κ3) is 4.28. The van der Waals surface area contributed by atoms with Gasteiger partial charge >= 0.3 is 0 Å². The van der Waals surface area contributed by atoms with Crippen LogP contribution in [-0.4, -0.2) is 36.6 Å². The monoisotopic (exact) mass is 469 g/mol. The number of likely N-dealkylation sites (N-methyl/N-ethyl adjacent to an activating group) is 1. The van der Waals surface area contributed by atoms with Crippen molar-refractivity contribution in [2.75, 3.05) is 26.1 Å². The molecule has 0 unspecified atom stereocenters. The van der Waals surface area contributed by atoms with E-state index in [-0.39, 0.29) is 17.4 Å². The maximum absolute atomic E-state index is 9.53. The largest absolute Gasteiger partial charge is 0.497 e. The summed E-state index contributed by atoms with van der Waals surface area (Å²) in [6.45, 7) is 9.05. The molecule has 0 fully saturated rings. The van der Waals surface area contributed by atoms with Crippen LogP contribution in [0.5, 0.6) is 5.75 Å². The van der Waals surface area contributed by atoms with Crippen molar-refractivity contribution in [3.05, 3.63) is 101 Å². The number of ether oxygens (including phenoxy) is 1. The van der Waals surface area contributed by atoms with Crippen LogP contribution < -0.4 is 9.64 Å². The molecule has 182 valence electrons. The van der Waals surface area contributed by atoms with Crippen LogP contribution in [0.4, 0.5) is 11.4 Å².